The van der Waals surface area contributed by atoms with Gasteiger partial charge in [-0.1, -0.05) is 33.8 Å². The quantitative estimate of drug-likeness (QED) is 0.780. The SMILES string of the molecule is CC(CCc1ccc2c(c1)C(N)=C1C=CC(N)=CC1[N+]2=O)CC(C)(C)C. The molecule has 4 nitrogen and oxygen atoms in total. The van der Waals surface area contributed by atoms with Crippen molar-refractivity contribution in [2.24, 2.45) is 22.8 Å². The number of nitrogens with two attached hydrogens (primary N) is 2. The summed E-state index contributed by atoms with van der Waals surface area (Å²) in [7, 11) is 0. The summed E-state index contributed by atoms with van der Waals surface area (Å²) < 4.78 is 1.02. The van der Waals surface area contributed by atoms with Crippen LogP contribution in [0.2, 0.25) is 0 Å². The average molecular weight is 353 g/mol. The van der Waals surface area contributed by atoms with Crippen LogP contribution >= 0.6 is 0 Å². The minimum absolute atomic E-state index is 0.352. The maximum Gasteiger partial charge on any atom is 0.266 e. The lowest BCUT2D eigenvalue weighted by molar-refractivity contribution is -0.483. The van der Waals surface area contributed by atoms with Gasteiger partial charge < -0.3 is 11.5 Å². The number of nitrogens with zero attached hydrogens (tertiary/aromatic N) is 1. The highest BCUT2D eigenvalue weighted by molar-refractivity contribution is 5.78. The molecule has 0 radical (unpaired) electrons. The van der Waals surface area contributed by atoms with E-state index in [2.05, 4.69) is 39.8 Å². The van der Waals surface area contributed by atoms with Gasteiger partial charge in [0.15, 0.2) is 0 Å². The van der Waals surface area contributed by atoms with Crippen LogP contribution in [0, 0.1) is 16.2 Å². The van der Waals surface area contributed by atoms with Gasteiger partial charge in [-0.2, -0.15) is 0 Å². The van der Waals surface area contributed by atoms with Gasteiger partial charge in [0, 0.05) is 27.5 Å². The van der Waals surface area contributed by atoms with E-state index >= 15 is 0 Å². The Kier molecular flexibility index (Phi) is 4.78. The minimum atomic E-state index is -0.426. The van der Waals surface area contributed by atoms with Crippen molar-refractivity contribution in [3.8, 4) is 0 Å². The van der Waals surface area contributed by atoms with Crippen LogP contribution in [0.3, 0.4) is 0 Å². The smallest absolute Gasteiger partial charge is 0.266 e. The topological polar surface area (TPSA) is 72.1 Å². The summed E-state index contributed by atoms with van der Waals surface area (Å²) in [4.78, 5) is 12.8. The second kappa shape index (κ2) is 6.75. The van der Waals surface area contributed by atoms with Crippen LogP contribution < -0.4 is 11.5 Å². The van der Waals surface area contributed by atoms with Gasteiger partial charge in [-0.3, -0.25) is 0 Å². The molecule has 1 aromatic rings. The van der Waals surface area contributed by atoms with E-state index in [-0.39, 0.29) is 0 Å². The third-order valence-corrected chi connectivity index (χ3v) is 5.16. The molecule has 0 saturated heterocycles. The number of hydrogen-bond acceptors (Lipinski definition) is 3. The summed E-state index contributed by atoms with van der Waals surface area (Å²) >= 11 is 0. The van der Waals surface area contributed by atoms with E-state index in [1.807, 2.05) is 12.1 Å². The van der Waals surface area contributed by atoms with Crippen molar-refractivity contribution < 1.29 is 4.76 Å². The Labute approximate surface area is 156 Å². The maximum atomic E-state index is 12.8. The molecule has 4 heteroatoms. The molecule has 1 aromatic carbocycles. The Morgan fingerprint density at radius 3 is 2.62 bits per heavy atom. The van der Waals surface area contributed by atoms with Crippen LogP contribution in [-0.2, 0) is 6.42 Å². The molecule has 4 N–H and O–H groups in total. The van der Waals surface area contributed by atoms with Gasteiger partial charge in [0.1, 0.15) is 0 Å². The first-order valence-electron chi connectivity index (χ1n) is 9.40. The minimum Gasteiger partial charge on any atom is -0.399 e. The molecule has 0 bridgehead atoms. The fraction of sp³-hybridized carbons (Fsp3) is 0.455. The molecule has 0 aromatic heterocycles. The van der Waals surface area contributed by atoms with Gasteiger partial charge in [0.2, 0.25) is 0 Å². The molecule has 2 unspecified atom stereocenters. The first kappa shape index (κ1) is 18.4. The fourth-order valence-electron chi connectivity index (χ4n) is 4.07. The zero-order valence-corrected chi connectivity index (χ0v) is 16.3. The lowest BCUT2D eigenvalue weighted by atomic mass is 9.83. The highest BCUT2D eigenvalue weighted by Crippen LogP contribution is 2.38. The third kappa shape index (κ3) is 3.74. The van der Waals surface area contributed by atoms with E-state index in [4.69, 9.17) is 11.5 Å². The zero-order chi connectivity index (χ0) is 19.1. The highest BCUT2D eigenvalue weighted by atomic mass is 16.3. The van der Waals surface area contributed by atoms with E-state index in [0.717, 1.165) is 28.7 Å². The third-order valence-electron chi connectivity index (χ3n) is 5.16. The molecular formula is C22H30N3O+. The monoisotopic (exact) mass is 352 g/mol. The van der Waals surface area contributed by atoms with Crippen LogP contribution in [-0.4, -0.2) is 10.8 Å². The van der Waals surface area contributed by atoms with E-state index in [9.17, 15) is 4.91 Å². The lowest BCUT2D eigenvalue weighted by Gasteiger charge is -2.23. The molecule has 0 saturated carbocycles. The van der Waals surface area contributed by atoms with Gasteiger partial charge in [-0.15, -0.1) is 0 Å². The maximum absolute atomic E-state index is 12.8. The van der Waals surface area contributed by atoms with E-state index in [1.54, 1.807) is 12.2 Å². The molecule has 138 valence electrons. The molecule has 0 fully saturated rings. The van der Waals surface area contributed by atoms with E-state index in [1.165, 1.54) is 12.0 Å². The molecule has 3 rings (SSSR count). The number of rotatable bonds is 4. The van der Waals surface area contributed by atoms with Crippen LogP contribution in [0.1, 0.15) is 51.7 Å². The van der Waals surface area contributed by atoms with E-state index < -0.39 is 6.04 Å². The molecule has 1 heterocycles. The molecule has 26 heavy (non-hydrogen) atoms. The second-order valence-electron chi connectivity index (χ2n) is 8.90. The molecule has 0 spiro atoms. The summed E-state index contributed by atoms with van der Waals surface area (Å²) in [6.07, 6.45) is 8.77. The Morgan fingerprint density at radius 1 is 1.19 bits per heavy atom. The predicted molar refractivity (Wildman–Crippen MR) is 108 cm³/mol. The number of hydrogen-bond donors (Lipinski definition) is 2. The van der Waals surface area contributed by atoms with Crippen LogP contribution in [0.5, 0.6) is 0 Å². The number of fused-ring (bicyclic) bond motifs is 2. The molecule has 2 atom stereocenters. The molecule has 1 aliphatic carbocycles. The van der Waals surface area contributed by atoms with Crippen molar-refractivity contribution in [2.75, 3.05) is 0 Å². The number of nitroso groups, excluding NO2 is 1. The predicted octanol–water partition coefficient (Wildman–Crippen LogP) is 4.57. The standard InChI is InChI=1S/C22H30N3O/c1-14(13-22(2,3)4)5-6-15-7-10-19-18(11-15)21(24)17-9-8-16(23)12-20(17)25(19)26/h7-12,14,20H,5-6,13,23-24H2,1-4H3/q+1. The van der Waals surface area contributed by atoms with Crippen LogP contribution in [0.4, 0.5) is 5.69 Å². The summed E-state index contributed by atoms with van der Waals surface area (Å²) in [6.45, 7) is 9.17. The van der Waals surface area contributed by atoms with Crippen molar-refractivity contribution in [3.05, 3.63) is 63.7 Å². The number of aryl methyl sites for hydroxylation is 1. The van der Waals surface area contributed by atoms with Gasteiger partial charge in [-0.25, -0.2) is 0 Å². The molecule has 0 amide bonds. The zero-order valence-electron chi connectivity index (χ0n) is 16.3. The molecular weight excluding hydrogens is 322 g/mol. The van der Waals surface area contributed by atoms with Crippen molar-refractivity contribution in [1.29, 1.82) is 0 Å². The van der Waals surface area contributed by atoms with Gasteiger partial charge in [0.05, 0.1) is 16.8 Å². The van der Waals surface area contributed by atoms with Crippen molar-refractivity contribution >= 4 is 11.4 Å². The fourth-order valence-corrected chi connectivity index (χ4v) is 4.07. The van der Waals surface area contributed by atoms with E-state index in [0.29, 0.717) is 28.4 Å². The van der Waals surface area contributed by atoms with Gasteiger partial charge in [-0.05, 0) is 54.4 Å². The largest absolute Gasteiger partial charge is 0.399 e. The van der Waals surface area contributed by atoms with Crippen LogP contribution in [0.25, 0.3) is 5.70 Å². The van der Waals surface area contributed by atoms with Crippen molar-refractivity contribution in [3.63, 3.8) is 0 Å². The number of allylic oxidation sites excluding steroid dienone is 1. The Bertz CT molecular complexity index is 824. The second-order valence-corrected chi connectivity index (χ2v) is 8.90. The van der Waals surface area contributed by atoms with Crippen molar-refractivity contribution in [2.45, 2.75) is 53.0 Å². The summed E-state index contributed by atoms with van der Waals surface area (Å²) in [6, 6.07) is 5.61. The van der Waals surface area contributed by atoms with Gasteiger partial charge >= 0.3 is 0 Å². The number of benzene rings is 1. The Balaban J connectivity index is 1.83. The summed E-state index contributed by atoms with van der Waals surface area (Å²) in [5, 5.41) is 0. The summed E-state index contributed by atoms with van der Waals surface area (Å²) in [5.74, 6) is 0.663. The lowest BCUT2D eigenvalue weighted by Crippen LogP contribution is -2.30. The van der Waals surface area contributed by atoms with Crippen molar-refractivity contribution in [1.82, 2.24) is 0 Å². The molecule has 2 aliphatic rings. The van der Waals surface area contributed by atoms with Gasteiger partial charge in [0.25, 0.3) is 11.7 Å². The molecule has 1 aliphatic heterocycles. The first-order valence-corrected chi connectivity index (χ1v) is 9.40. The Hall–Kier alpha value is -2.36. The Morgan fingerprint density at radius 2 is 1.92 bits per heavy atom. The van der Waals surface area contributed by atoms with Crippen LogP contribution in [0.15, 0.2) is 47.7 Å². The average Bonchev–Trinajstić information content (AvgIpc) is 2.56. The first-order chi connectivity index (χ1) is 12.2. The highest BCUT2D eigenvalue weighted by Gasteiger charge is 2.39. The summed E-state index contributed by atoms with van der Waals surface area (Å²) in [5.41, 5.74) is 17.4. The normalized spacial score (nSPS) is 20.5.